The second kappa shape index (κ2) is 7.62. The minimum Gasteiger partial charge on any atom is -0.367 e. The molecule has 5 nitrogen and oxygen atoms in total. The highest BCUT2D eigenvalue weighted by Crippen LogP contribution is 2.26. The molecule has 0 aromatic carbocycles. The van der Waals surface area contributed by atoms with Crippen LogP contribution in [0.1, 0.15) is 39.5 Å². The van der Waals surface area contributed by atoms with E-state index < -0.39 is 10.0 Å². The third-order valence-electron chi connectivity index (χ3n) is 4.11. The predicted molar refractivity (Wildman–Crippen MR) is 90.7 cm³/mol. The first-order valence-corrected chi connectivity index (χ1v) is 9.67. The van der Waals surface area contributed by atoms with Crippen LogP contribution in [-0.4, -0.2) is 31.2 Å². The second-order valence-electron chi connectivity index (χ2n) is 6.15. The topological polar surface area (TPSA) is 71.1 Å². The molecule has 1 aliphatic carbocycles. The minimum atomic E-state index is -3.15. The van der Waals surface area contributed by atoms with E-state index in [1.165, 1.54) is 0 Å². The molecule has 124 valence electrons. The predicted octanol–water partition coefficient (Wildman–Crippen LogP) is 3.03. The molecule has 0 unspecified atom stereocenters. The molecule has 1 aromatic heterocycles. The maximum absolute atomic E-state index is 11.8. The maximum atomic E-state index is 11.8. The zero-order valence-corrected chi connectivity index (χ0v) is 14.6. The standard InChI is InChI=1S/C15H24ClN3O2S/c1-11(2)22(20,21)17-10-12-6-8-13(9-7-12)18-15-5-3-4-14(16)19-15/h3-5,11-13,17H,6-10H2,1-2H3,(H,18,19). The summed E-state index contributed by atoms with van der Waals surface area (Å²) in [7, 11) is -3.15. The summed E-state index contributed by atoms with van der Waals surface area (Å²) in [6, 6.07) is 5.92. The lowest BCUT2D eigenvalue weighted by molar-refractivity contribution is 0.336. The van der Waals surface area contributed by atoms with Crippen LogP contribution in [0.15, 0.2) is 18.2 Å². The SMILES string of the molecule is CC(C)S(=O)(=O)NCC1CCC(Nc2cccc(Cl)n2)CC1. The van der Waals surface area contributed by atoms with Crippen LogP contribution in [0.4, 0.5) is 5.82 Å². The van der Waals surface area contributed by atoms with Crippen molar-refractivity contribution in [1.29, 1.82) is 0 Å². The van der Waals surface area contributed by atoms with E-state index in [0.29, 0.717) is 23.7 Å². The first-order valence-electron chi connectivity index (χ1n) is 7.74. The third-order valence-corrected chi connectivity index (χ3v) is 6.13. The summed E-state index contributed by atoms with van der Waals surface area (Å²) < 4.78 is 26.3. The van der Waals surface area contributed by atoms with Crippen LogP contribution < -0.4 is 10.0 Å². The second-order valence-corrected chi connectivity index (χ2v) is 8.86. The fourth-order valence-corrected chi connectivity index (χ4v) is 3.57. The number of aromatic nitrogens is 1. The van der Waals surface area contributed by atoms with Gasteiger partial charge in [-0.05, 0) is 57.6 Å². The van der Waals surface area contributed by atoms with Crippen molar-refractivity contribution in [2.24, 2.45) is 5.92 Å². The van der Waals surface area contributed by atoms with Crippen molar-refractivity contribution in [3.05, 3.63) is 23.4 Å². The van der Waals surface area contributed by atoms with Gasteiger partial charge in [0.05, 0.1) is 5.25 Å². The van der Waals surface area contributed by atoms with Gasteiger partial charge in [-0.3, -0.25) is 0 Å². The molecule has 0 aliphatic heterocycles. The van der Waals surface area contributed by atoms with E-state index in [2.05, 4.69) is 15.0 Å². The highest BCUT2D eigenvalue weighted by molar-refractivity contribution is 7.90. The van der Waals surface area contributed by atoms with Crippen LogP contribution in [0.5, 0.6) is 0 Å². The Morgan fingerprint density at radius 3 is 2.55 bits per heavy atom. The maximum Gasteiger partial charge on any atom is 0.213 e. The molecule has 2 N–H and O–H groups in total. The Morgan fingerprint density at radius 1 is 1.27 bits per heavy atom. The van der Waals surface area contributed by atoms with E-state index in [-0.39, 0.29) is 5.25 Å². The van der Waals surface area contributed by atoms with Crippen LogP contribution in [0, 0.1) is 5.92 Å². The average molecular weight is 346 g/mol. The number of nitrogens with zero attached hydrogens (tertiary/aromatic N) is 1. The molecular weight excluding hydrogens is 322 g/mol. The number of sulfonamides is 1. The Hall–Kier alpha value is -0.850. The van der Waals surface area contributed by atoms with Gasteiger partial charge >= 0.3 is 0 Å². The fourth-order valence-electron chi connectivity index (χ4n) is 2.61. The normalized spacial score (nSPS) is 22.7. The number of anilines is 1. The molecule has 0 saturated heterocycles. The quantitative estimate of drug-likeness (QED) is 0.777. The molecule has 0 bridgehead atoms. The van der Waals surface area contributed by atoms with Gasteiger partial charge in [-0.2, -0.15) is 0 Å². The van der Waals surface area contributed by atoms with E-state index in [1.54, 1.807) is 19.9 Å². The van der Waals surface area contributed by atoms with Crippen molar-refractivity contribution < 1.29 is 8.42 Å². The zero-order valence-electron chi connectivity index (χ0n) is 13.0. The Balaban J connectivity index is 1.76. The third kappa shape index (κ3) is 5.11. The molecule has 1 aliphatic rings. The summed E-state index contributed by atoms with van der Waals surface area (Å²) in [4.78, 5) is 4.24. The van der Waals surface area contributed by atoms with Gasteiger partial charge in [0.25, 0.3) is 0 Å². The van der Waals surface area contributed by atoms with Crippen LogP contribution in [0.2, 0.25) is 5.15 Å². The van der Waals surface area contributed by atoms with E-state index >= 15 is 0 Å². The molecule has 0 atom stereocenters. The molecular formula is C15H24ClN3O2S. The van der Waals surface area contributed by atoms with E-state index in [4.69, 9.17) is 11.6 Å². The summed E-state index contributed by atoms with van der Waals surface area (Å²) in [5.74, 6) is 1.22. The molecule has 0 radical (unpaired) electrons. The number of nitrogens with one attached hydrogen (secondary N) is 2. The van der Waals surface area contributed by atoms with Crippen molar-refractivity contribution in [1.82, 2.24) is 9.71 Å². The molecule has 22 heavy (non-hydrogen) atoms. The van der Waals surface area contributed by atoms with Crippen molar-refractivity contribution in [2.45, 2.75) is 50.8 Å². The summed E-state index contributed by atoms with van der Waals surface area (Å²) in [5, 5.41) is 3.51. The lowest BCUT2D eigenvalue weighted by Gasteiger charge is -2.29. The average Bonchev–Trinajstić information content (AvgIpc) is 2.46. The lowest BCUT2D eigenvalue weighted by atomic mass is 9.86. The molecule has 1 fully saturated rings. The molecule has 1 saturated carbocycles. The van der Waals surface area contributed by atoms with Crippen LogP contribution in [0.3, 0.4) is 0 Å². The highest BCUT2D eigenvalue weighted by Gasteiger charge is 2.23. The van der Waals surface area contributed by atoms with Crippen molar-refractivity contribution >= 4 is 27.4 Å². The van der Waals surface area contributed by atoms with E-state index in [1.807, 2.05) is 12.1 Å². The van der Waals surface area contributed by atoms with Gasteiger partial charge < -0.3 is 5.32 Å². The monoisotopic (exact) mass is 345 g/mol. The highest BCUT2D eigenvalue weighted by atomic mass is 35.5. The van der Waals surface area contributed by atoms with Gasteiger partial charge in [-0.1, -0.05) is 17.7 Å². The van der Waals surface area contributed by atoms with Crippen molar-refractivity contribution in [3.8, 4) is 0 Å². The number of hydrogen-bond acceptors (Lipinski definition) is 4. The Morgan fingerprint density at radius 2 is 1.95 bits per heavy atom. The molecule has 0 spiro atoms. The molecule has 1 heterocycles. The van der Waals surface area contributed by atoms with Gasteiger partial charge in [0.15, 0.2) is 0 Å². The number of hydrogen-bond donors (Lipinski definition) is 2. The van der Waals surface area contributed by atoms with Crippen LogP contribution >= 0.6 is 11.6 Å². The van der Waals surface area contributed by atoms with E-state index in [0.717, 1.165) is 31.5 Å². The first-order chi connectivity index (χ1) is 10.4. The van der Waals surface area contributed by atoms with Gasteiger partial charge in [0, 0.05) is 12.6 Å². The number of pyridine rings is 1. The van der Waals surface area contributed by atoms with Gasteiger partial charge in [0.2, 0.25) is 10.0 Å². The minimum absolute atomic E-state index is 0.376. The number of halogens is 1. The first kappa shape index (κ1) is 17.5. The summed E-state index contributed by atoms with van der Waals surface area (Å²) in [5.41, 5.74) is 0. The smallest absolute Gasteiger partial charge is 0.213 e. The largest absolute Gasteiger partial charge is 0.367 e. The Kier molecular flexibility index (Phi) is 6.06. The van der Waals surface area contributed by atoms with Gasteiger partial charge in [-0.25, -0.2) is 18.1 Å². The molecule has 1 aromatic rings. The summed E-state index contributed by atoms with van der Waals surface area (Å²) >= 11 is 5.88. The fraction of sp³-hybridized carbons (Fsp3) is 0.667. The lowest BCUT2D eigenvalue weighted by Crippen LogP contribution is -2.37. The van der Waals surface area contributed by atoms with Crippen LogP contribution in [0.25, 0.3) is 0 Å². The van der Waals surface area contributed by atoms with Gasteiger partial charge in [-0.15, -0.1) is 0 Å². The van der Waals surface area contributed by atoms with Crippen molar-refractivity contribution in [2.75, 3.05) is 11.9 Å². The summed E-state index contributed by atoms with van der Waals surface area (Å²) in [6.07, 6.45) is 4.06. The summed E-state index contributed by atoms with van der Waals surface area (Å²) in [6.45, 7) is 3.94. The molecule has 7 heteroatoms. The van der Waals surface area contributed by atoms with Crippen molar-refractivity contribution in [3.63, 3.8) is 0 Å². The Labute approximate surface area is 137 Å². The Bertz CT molecular complexity index is 584. The molecule has 2 rings (SSSR count). The van der Waals surface area contributed by atoms with Crippen LogP contribution in [-0.2, 0) is 10.0 Å². The molecule has 0 amide bonds. The van der Waals surface area contributed by atoms with E-state index in [9.17, 15) is 8.42 Å². The van der Waals surface area contributed by atoms with Gasteiger partial charge in [0.1, 0.15) is 11.0 Å². The number of rotatable bonds is 6. The zero-order chi connectivity index (χ0) is 16.2.